The topological polar surface area (TPSA) is 40.5 Å². The number of nitrogens with zero attached hydrogens (tertiary/aromatic N) is 1. The Balaban J connectivity index is 3.91. The summed E-state index contributed by atoms with van der Waals surface area (Å²) < 4.78 is 0. The fraction of sp³-hybridized carbons (Fsp3) is 0.667. The van der Waals surface area contributed by atoms with Gasteiger partial charge in [0.2, 0.25) is 0 Å². The lowest BCUT2D eigenvalue weighted by Crippen LogP contribution is -2.19. The molecule has 0 amide bonds. The standard InChI is InChI=1S/C9H17NO2/c1-4-5-6-10(3)9(12)7-8(2)11/h7,12H,4-6H2,1-3H3/b9-7-. The third kappa shape index (κ3) is 4.77. The smallest absolute Gasteiger partial charge is 0.190 e. The summed E-state index contributed by atoms with van der Waals surface area (Å²) in [7, 11) is 1.77. The molecule has 1 N–H and O–H groups in total. The Morgan fingerprint density at radius 1 is 1.58 bits per heavy atom. The van der Waals surface area contributed by atoms with Crippen LogP contribution in [0.25, 0.3) is 0 Å². The Labute approximate surface area is 73.7 Å². The highest BCUT2D eigenvalue weighted by atomic mass is 16.3. The van der Waals surface area contributed by atoms with Gasteiger partial charge in [0.25, 0.3) is 0 Å². The fourth-order valence-corrected chi connectivity index (χ4v) is 0.802. The van der Waals surface area contributed by atoms with Crippen LogP contribution >= 0.6 is 0 Å². The van der Waals surface area contributed by atoms with Crippen molar-refractivity contribution in [2.75, 3.05) is 13.6 Å². The van der Waals surface area contributed by atoms with Gasteiger partial charge in [0, 0.05) is 19.7 Å². The molecule has 70 valence electrons. The molecule has 0 aliphatic carbocycles. The lowest BCUT2D eigenvalue weighted by Gasteiger charge is -2.16. The molecule has 0 atom stereocenters. The molecule has 3 heteroatoms. The Morgan fingerprint density at radius 3 is 2.58 bits per heavy atom. The first kappa shape index (κ1) is 11.0. The summed E-state index contributed by atoms with van der Waals surface area (Å²) in [5, 5.41) is 9.28. The number of hydrogen-bond donors (Lipinski definition) is 1. The normalized spacial score (nSPS) is 11.4. The highest BCUT2D eigenvalue weighted by Gasteiger charge is 2.01. The van der Waals surface area contributed by atoms with E-state index in [-0.39, 0.29) is 11.7 Å². The van der Waals surface area contributed by atoms with E-state index in [4.69, 9.17) is 0 Å². The van der Waals surface area contributed by atoms with Gasteiger partial charge < -0.3 is 10.0 Å². The molecule has 0 aromatic carbocycles. The molecule has 0 aliphatic heterocycles. The van der Waals surface area contributed by atoms with Gasteiger partial charge in [-0.1, -0.05) is 13.3 Å². The Bertz CT molecular complexity index is 175. The van der Waals surface area contributed by atoms with Crippen molar-refractivity contribution in [1.29, 1.82) is 0 Å². The second kappa shape index (κ2) is 5.63. The van der Waals surface area contributed by atoms with Crippen LogP contribution in [0.1, 0.15) is 26.7 Å². The largest absolute Gasteiger partial charge is 0.495 e. The quantitative estimate of drug-likeness (QED) is 0.505. The van der Waals surface area contributed by atoms with E-state index in [0.29, 0.717) is 0 Å². The fourth-order valence-electron chi connectivity index (χ4n) is 0.802. The molecule has 0 radical (unpaired) electrons. The van der Waals surface area contributed by atoms with Crippen LogP contribution in [-0.4, -0.2) is 29.4 Å². The van der Waals surface area contributed by atoms with Crippen molar-refractivity contribution in [1.82, 2.24) is 4.90 Å². The number of carbonyl (C=O) groups excluding carboxylic acids is 1. The van der Waals surface area contributed by atoms with E-state index < -0.39 is 0 Å². The molecule has 0 bridgehead atoms. The van der Waals surface area contributed by atoms with Crippen molar-refractivity contribution < 1.29 is 9.90 Å². The van der Waals surface area contributed by atoms with E-state index in [1.807, 2.05) is 0 Å². The minimum Gasteiger partial charge on any atom is -0.495 e. The average molecular weight is 171 g/mol. The second-order valence-electron chi connectivity index (χ2n) is 2.89. The number of aliphatic hydroxyl groups is 1. The van der Waals surface area contributed by atoms with Crippen LogP contribution in [0.4, 0.5) is 0 Å². The maximum absolute atomic E-state index is 10.6. The van der Waals surface area contributed by atoms with Crippen molar-refractivity contribution in [2.24, 2.45) is 0 Å². The van der Waals surface area contributed by atoms with Gasteiger partial charge in [-0.05, 0) is 13.3 Å². The molecule has 12 heavy (non-hydrogen) atoms. The van der Waals surface area contributed by atoms with Crippen LogP contribution in [-0.2, 0) is 4.79 Å². The monoisotopic (exact) mass is 171 g/mol. The predicted octanol–water partition coefficient (Wildman–Crippen LogP) is 1.71. The molecule has 0 aliphatic rings. The number of aliphatic hydroxyl groups excluding tert-OH is 1. The number of unbranched alkanes of at least 4 members (excludes halogenated alkanes) is 1. The minimum absolute atomic E-state index is 0.0518. The molecule has 0 unspecified atom stereocenters. The number of rotatable bonds is 5. The lowest BCUT2D eigenvalue weighted by molar-refractivity contribution is -0.112. The van der Waals surface area contributed by atoms with Gasteiger partial charge in [-0.25, -0.2) is 0 Å². The summed E-state index contributed by atoms with van der Waals surface area (Å²) in [5.41, 5.74) is 0. The highest BCUT2D eigenvalue weighted by molar-refractivity contribution is 5.87. The van der Waals surface area contributed by atoms with Gasteiger partial charge in [0.15, 0.2) is 11.7 Å². The zero-order valence-electron chi connectivity index (χ0n) is 8.00. The van der Waals surface area contributed by atoms with Gasteiger partial charge in [0.05, 0.1) is 0 Å². The molecule has 0 spiro atoms. The van der Waals surface area contributed by atoms with Gasteiger partial charge >= 0.3 is 0 Å². The number of hydrogen-bond acceptors (Lipinski definition) is 3. The molecule has 0 aromatic rings. The maximum Gasteiger partial charge on any atom is 0.190 e. The first-order chi connectivity index (χ1) is 5.57. The molecular weight excluding hydrogens is 154 g/mol. The van der Waals surface area contributed by atoms with Crippen LogP contribution in [0.2, 0.25) is 0 Å². The number of allylic oxidation sites excluding steroid dienone is 1. The number of carbonyl (C=O) groups is 1. The van der Waals surface area contributed by atoms with Crippen LogP contribution in [0.15, 0.2) is 12.0 Å². The Hall–Kier alpha value is -0.990. The van der Waals surface area contributed by atoms with Crippen LogP contribution in [0, 0.1) is 0 Å². The zero-order valence-corrected chi connectivity index (χ0v) is 8.00. The summed E-state index contributed by atoms with van der Waals surface area (Å²) in [6, 6.07) is 0. The van der Waals surface area contributed by atoms with E-state index in [0.717, 1.165) is 19.4 Å². The first-order valence-corrected chi connectivity index (χ1v) is 4.20. The Morgan fingerprint density at radius 2 is 2.17 bits per heavy atom. The molecule has 0 aromatic heterocycles. The molecule has 0 saturated carbocycles. The lowest BCUT2D eigenvalue weighted by atomic mass is 10.3. The van der Waals surface area contributed by atoms with Crippen molar-refractivity contribution in [3.05, 3.63) is 12.0 Å². The van der Waals surface area contributed by atoms with Crippen LogP contribution in [0.5, 0.6) is 0 Å². The van der Waals surface area contributed by atoms with Gasteiger partial charge in [-0.15, -0.1) is 0 Å². The molecular formula is C9H17NO2. The van der Waals surface area contributed by atoms with Crippen LogP contribution in [0.3, 0.4) is 0 Å². The van der Waals surface area contributed by atoms with E-state index in [1.54, 1.807) is 11.9 Å². The third-order valence-electron chi connectivity index (χ3n) is 1.57. The molecule has 3 nitrogen and oxygen atoms in total. The van der Waals surface area contributed by atoms with E-state index in [2.05, 4.69) is 6.92 Å². The summed E-state index contributed by atoms with van der Waals surface area (Å²) in [6.45, 7) is 4.29. The average Bonchev–Trinajstić information content (AvgIpc) is 1.98. The molecule has 0 saturated heterocycles. The molecule has 0 heterocycles. The highest BCUT2D eigenvalue weighted by Crippen LogP contribution is 1.99. The van der Waals surface area contributed by atoms with E-state index in [1.165, 1.54) is 13.0 Å². The predicted molar refractivity (Wildman–Crippen MR) is 48.9 cm³/mol. The third-order valence-corrected chi connectivity index (χ3v) is 1.57. The van der Waals surface area contributed by atoms with Crippen molar-refractivity contribution in [3.63, 3.8) is 0 Å². The summed E-state index contributed by atoms with van der Waals surface area (Å²) in [4.78, 5) is 12.2. The molecule has 0 fully saturated rings. The van der Waals surface area contributed by atoms with Crippen molar-refractivity contribution in [2.45, 2.75) is 26.7 Å². The van der Waals surface area contributed by atoms with E-state index >= 15 is 0 Å². The summed E-state index contributed by atoms with van der Waals surface area (Å²) >= 11 is 0. The molecule has 0 rings (SSSR count). The maximum atomic E-state index is 10.6. The zero-order chi connectivity index (χ0) is 9.56. The summed E-state index contributed by atoms with van der Waals surface area (Å²) in [5.74, 6) is -0.0770. The van der Waals surface area contributed by atoms with E-state index in [9.17, 15) is 9.90 Å². The van der Waals surface area contributed by atoms with Gasteiger partial charge in [0.1, 0.15) is 0 Å². The van der Waals surface area contributed by atoms with Crippen molar-refractivity contribution >= 4 is 5.78 Å². The van der Waals surface area contributed by atoms with Gasteiger partial charge in [-0.3, -0.25) is 4.79 Å². The van der Waals surface area contributed by atoms with Crippen LogP contribution < -0.4 is 0 Å². The first-order valence-electron chi connectivity index (χ1n) is 4.20. The Kier molecular flexibility index (Phi) is 5.17. The summed E-state index contributed by atoms with van der Waals surface area (Å²) in [6.07, 6.45) is 3.33. The number of ketones is 1. The minimum atomic E-state index is -0.129. The van der Waals surface area contributed by atoms with Crippen molar-refractivity contribution in [3.8, 4) is 0 Å². The second-order valence-corrected chi connectivity index (χ2v) is 2.89. The SMILES string of the molecule is CCCCN(C)/C(O)=C/C(C)=O. The van der Waals surface area contributed by atoms with Gasteiger partial charge in [-0.2, -0.15) is 0 Å².